The van der Waals surface area contributed by atoms with Gasteiger partial charge >= 0.3 is 5.97 Å². The minimum atomic E-state index is -1.22. The van der Waals surface area contributed by atoms with E-state index in [-0.39, 0.29) is 5.57 Å². The highest BCUT2D eigenvalue weighted by Crippen LogP contribution is 2.35. The number of carbonyl (C=O) groups is 1. The highest BCUT2D eigenvalue weighted by molar-refractivity contribution is 6.33. The van der Waals surface area contributed by atoms with Gasteiger partial charge in [0, 0.05) is 23.8 Å². The summed E-state index contributed by atoms with van der Waals surface area (Å²) >= 11 is 6.41. The van der Waals surface area contributed by atoms with Gasteiger partial charge in [-0.1, -0.05) is 35.9 Å². The molecule has 1 fully saturated rings. The number of halogens is 1. The second-order valence-electron chi connectivity index (χ2n) is 6.94. The number of rotatable bonds is 4. The summed E-state index contributed by atoms with van der Waals surface area (Å²) < 4.78 is 0. The maximum Gasteiger partial charge on any atom is 0.346 e. The van der Waals surface area contributed by atoms with Crippen molar-refractivity contribution in [3.05, 3.63) is 57.7 Å². The molecule has 1 N–H and O–H groups in total. The zero-order valence-corrected chi connectivity index (χ0v) is 16.0. The Balaban J connectivity index is 1.78. The van der Waals surface area contributed by atoms with Gasteiger partial charge in [-0.25, -0.2) is 4.79 Å². The monoisotopic (exact) mass is 382 g/mol. The molecule has 1 aromatic carbocycles. The highest BCUT2D eigenvalue weighted by Gasteiger charge is 2.21. The van der Waals surface area contributed by atoms with Crippen LogP contribution in [0.3, 0.4) is 0 Å². The van der Waals surface area contributed by atoms with E-state index in [1.165, 1.54) is 24.9 Å². The van der Waals surface area contributed by atoms with Gasteiger partial charge in [0.1, 0.15) is 11.6 Å². The number of piperidine rings is 1. The quantitative estimate of drug-likeness (QED) is 0.569. The van der Waals surface area contributed by atoms with E-state index in [1.54, 1.807) is 6.07 Å². The molecule has 1 aliphatic carbocycles. The molecule has 140 valence electrons. The Bertz CT molecular complexity index is 838. The fourth-order valence-corrected chi connectivity index (χ4v) is 4.00. The van der Waals surface area contributed by atoms with Gasteiger partial charge < -0.3 is 10.0 Å². The van der Waals surface area contributed by atoms with Crippen LogP contribution in [0.1, 0.15) is 44.1 Å². The van der Waals surface area contributed by atoms with E-state index in [0.717, 1.165) is 37.1 Å². The molecule has 0 radical (unpaired) electrons. The van der Waals surface area contributed by atoms with Gasteiger partial charge in [0.15, 0.2) is 0 Å². The Morgan fingerprint density at radius 2 is 1.78 bits per heavy atom. The summed E-state index contributed by atoms with van der Waals surface area (Å²) in [4.78, 5) is 13.7. The van der Waals surface area contributed by atoms with E-state index in [2.05, 4.69) is 29.2 Å². The first kappa shape index (κ1) is 19.3. The van der Waals surface area contributed by atoms with Gasteiger partial charge in [0.25, 0.3) is 0 Å². The van der Waals surface area contributed by atoms with Gasteiger partial charge in [0.05, 0.1) is 0 Å². The fraction of sp³-hybridized carbons (Fsp3) is 0.364. The largest absolute Gasteiger partial charge is 0.477 e. The third-order valence-corrected chi connectivity index (χ3v) is 5.61. The number of nitrogens with zero attached hydrogens (tertiary/aromatic N) is 2. The third-order valence-electron chi connectivity index (χ3n) is 5.14. The van der Waals surface area contributed by atoms with E-state index in [4.69, 9.17) is 16.9 Å². The maximum atomic E-state index is 11.2. The third kappa shape index (κ3) is 4.61. The normalized spacial score (nSPS) is 19.9. The molecule has 1 aliphatic heterocycles. The number of nitriles is 1. The summed E-state index contributed by atoms with van der Waals surface area (Å²) in [7, 11) is 0. The molecule has 0 atom stereocenters. The van der Waals surface area contributed by atoms with Gasteiger partial charge in [-0.05, 0) is 67.4 Å². The summed E-state index contributed by atoms with van der Waals surface area (Å²) in [5.74, 6) is -1.22. The standard InChI is InChI=1S/C22H23ClN2O2/c23-21-17(5-4-6-19(21)20(15-24)22(26)27)10-7-16-8-11-18(12-9-16)25-13-2-1-3-14-25/h7-12H,1-6,13-14H2,(H,26,27)/b10-7+,20-19+. The van der Waals surface area contributed by atoms with Crippen LogP contribution in [-0.2, 0) is 4.79 Å². The minimum absolute atomic E-state index is 0.253. The molecule has 0 saturated carbocycles. The topological polar surface area (TPSA) is 64.3 Å². The van der Waals surface area contributed by atoms with Crippen LogP contribution in [0.2, 0.25) is 0 Å². The number of benzene rings is 1. The van der Waals surface area contributed by atoms with Crippen molar-refractivity contribution in [1.82, 2.24) is 0 Å². The molecule has 2 aliphatic rings. The van der Waals surface area contributed by atoms with Gasteiger partial charge in [-0.3, -0.25) is 0 Å². The van der Waals surface area contributed by atoms with Crippen molar-refractivity contribution >= 4 is 29.3 Å². The van der Waals surface area contributed by atoms with Crippen LogP contribution >= 0.6 is 11.6 Å². The van der Waals surface area contributed by atoms with Crippen LogP contribution in [0.5, 0.6) is 0 Å². The van der Waals surface area contributed by atoms with Crippen molar-refractivity contribution < 1.29 is 9.90 Å². The van der Waals surface area contributed by atoms with Crippen molar-refractivity contribution in [1.29, 1.82) is 5.26 Å². The molecule has 4 nitrogen and oxygen atoms in total. The first-order valence-corrected chi connectivity index (χ1v) is 9.76. The number of aliphatic carboxylic acids is 1. The van der Waals surface area contributed by atoms with E-state index in [1.807, 2.05) is 12.2 Å². The molecule has 0 bridgehead atoms. The molecule has 1 heterocycles. The van der Waals surface area contributed by atoms with Gasteiger partial charge in [-0.2, -0.15) is 5.26 Å². The van der Waals surface area contributed by atoms with E-state index < -0.39 is 5.97 Å². The van der Waals surface area contributed by atoms with E-state index in [0.29, 0.717) is 17.0 Å². The Hall–Kier alpha value is -2.51. The Kier molecular flexibility index (Phi) is 6.36. The molecule has 0 spiro atoms. The molecule has 0 aromatic heterocycles. The zero-order chi connectivity index (χ0) is 19.2. The number of allylic oxidation sites excluding steroid dienone is 4. The molecule has 5 heteroatoms. The second kappa shape index (κ2) is 8.92. The Morgan fingerprint density at radius 1 is 1.07 bits per heavy atom. The average Bonchev–Trinajstić information content (AvgIpc) is 2.70. The van der Waals surface area contributed by atoms with Crippen molar-refractivity contribution in [3.63, 3.8) is 0 Å². The minimum Gasteiger partial charge on any atom is -0.477 e. The number of carboxylic acid groups (broad SMARTS) is 1. The number of anilines is 1. The first-order valence-electron chi connectivity index (χ1n) is 9.39. The smallest absolute Gasteiger partial charge is 0.346 e. The van der Waals surface area contributed by atoms with Crippen molar-refractivity contribution in [2.24, 2.45) is 0 Å². The molecule has 1 saturated heterocycles. The first-order chi connectivity index (χ1) is 13.1. The lowest BCUT2D eigenvalue weighted by molar-refractivity contribution is -0.132. The molecular weight excluding hydrogens is 360 g/mol. The maximum absolute atomic E-state index is 11.2. The number of hydrogen-bond donors (Lipinski definition) is 1. The van der Waals surface area contributed by atoms with Crippen molar-refractivity contribution in [2.75, 3.05) is 18.0 Å². The zero-order valence-electron chi connectivity index (χ0n) is 15.2. The van der Waals surface area contributed by atoms with E-state index >= 15 is 0 Å². The van der Waals surface area contributed by atoms with Crippen LogP contribution < -0.4 is 4.90 Å². The SMILES string of the molecule is N#C/C(C(=O)O)=C1/CCCC(/C=C/c2ccc(N3CCCCC3)cc2)=C1Cl. The van der Waals surface area contributed by atoms with Crippen molar-refractivity contribution in [3.8, 4) is 6.07 Å². The second-order valence-corrected chi connectivity index (χ2v) is 7.31. The van der Waals surface area contributed by atoms with Crippen LogP contribution in [0, 0.1) is 11.3 Å². The lowest BCUT2D eigenvalue weighted by Gasteiger charge is -2.28. The fourth-order valence-electron chi connectivity index (χ4n) is 3.65. The summed E-state index contributed by atoms with van der Waals surface area (Å²) in [5.41, 5.74) is 3.40. The summed E-state index contributed by atoms with van der Waals surface area (Å²) in [6, 6.07) is 10.2. The van der Waals surface area contributed by atoms with Crippen LogP contribution in [0.25, 0.3) is 6.08 Å². The summed E-state index contributed by atoms with van der Waals surface area (Å²) in [6.45, 7) is 2.25. The van der Waals surface area contributed by atoms with Gasteiger partial charge in [0.2, 0.25) is 0 Å². The molecule has 0 amide bonds. The lowest BCUT2D eigenvalue weighted by Crippen LogP contribution is -2.29. The Morgan fingerprint density at radius 3 is 2.41 bits per heavy atom. The molecular formula is C22H23ClN2O2. The van der Waals surface area contributed by atoms with Crippen molar-refractivity contribution in [2.45, 2.75) is 38.5 Å². The van der Waals surface area contributed by atoms with Crippen LogP contribution in [0.4, 0.5) is 5.69 Å². The number of hydrogen-bond acceptors (Lipinski definition) is 3. The Labute approximate surface area is 165 Å². The predicted octanol–water partition coefficient (Wildman–Crippen LogP) is 5.27. The molecule has 3 rings (SSSR count). The van der Waals surface area contributed by atoms with E-state index in [9.17, 15) is 9.90 Å². The highest BCUT2D eigenvalue weighted by atomic mass is 35.5. The van der Waals surface area contributed by atoms with Crippen LogP contribution in [0.15, 0.2) is 52.1 Å². The number of carboxylic acids is 1. The van der Waals surface area contributed by atoms with Crippen LogP contribution in [-0.4, -0.2) is 24.2 Å². The average molecular weight is 383 g/mol. The summed E-state index contributed by atoms with van der Waals surface area (Å²) in [5, 5.41) is 18.7. The lowest BCUT2D eigenvalue weighted by atomic mass is 9.91. The molecule has 0 unspecified atom stereocenters. The predicted molar refractivity (Wildman–Crippen MR) is 109 cm³/mol. The summed E-state index contributed by atoms with van der Waals surface area (Å²) in [6.07, 6.45) is 9.85. The molecule has 1 aromatic rings. The molecule has 27 heavy (non-hydrogen) atoms. The van der Waals surface area contributed by atoms with Gasteiger partial charge in [-0.15, -0.1) is 0 Å².